The molecule has 21 heavy (non-hydrogen) atoms. The lowest BCUT2D eigenvalue weighted by molar-refractivity contribution is -0.129. The lowest BCUT2D eigenvalue weighted by Crippen LogP contribution is -2.05. The van der Waals surface area contributed by atoms with Crippen molar-refractivity contribution in [3.05, 3.63) is 77.0 Å². The van der Waals surface area contributed by atoms with Crippen LogP contribution in [0.4, 0.5) is 8.78 Å². The molecular weight excluding hydrogens is 276 g/mol. The first-order valence-corrected chi connectivity index (χ1v) is 6.16. The van der Waals surface area contributed by atoms with Gasteiger partial charge in [-0.2, -0.15) is 0 Å². The Balaban J connectivity index is 1.91. The van der Waals surface area contributed by atoms with E-state index in [1.165, 1.54) is 54.6 Å². The Morgan fingerprint density at radius 3 is 2.10 bits per heavy atom. The molecule has 1 heterocycles. The summed E-state index contributed by atoms with van der Waals surface area (Å²) in [5.41, 5.74) is 1.25. The van der Waals surface area contributed by atoms with E-state index in [1.807, 2.05) is 0 Å². The van der Waals surface area contributed by atoms with Crippen LogP contribution in [-0.2, 0) is 9.53 Å². The Hall–Kier alpha value is -2.82. The first-order chi connectivity index (χ1) is 10.1. The molecule has 0 aliphatic carbocycles. The number of halogens is 2. The number of cyclic esters (lactones) is 1. The topological polar surface area (TPSA) is 38.7 Å². The van der Waals surface area contributed by atoms with Gasteiger partial charge in [-0.3, -0.25) is 0 Å². The van der Waals surface area contributed by atoms with Crippen LogP contribution in [0, 0.1) is 11.6 Å². The number of carbonyl (C=O) groups is 1. The average Bonchev–Trinajstić information content (AvgIpc) is 2.83. The Kier molecular flexibility index (Phi) is 3.31. The van der Waals surface area contributed by atoms with Crippen molar-refractivity contribution in [1.82, 2.24) is 0 Å². The van der Waals surface area contributed by atoms with Gasteiger partial charge in [0.05, 0.1) is 0 Å². The van der Waals surface area contributed by atoms with Crippen molar-refractivity contribution in [3.8, 4) is 0 Å². The Labute approximate surface area is 119 Å². The van der Waals surface area contributed by atoms with Crippen molar-refractivity contribution in [2.45, 2.75) is 0 Å². The second kappa shape index (κ2) is 5.28. The summed E-state index contributed by atoms with van der Waals surface area (Å²) in [5.74, 6) is -1.22. The smallest absolute Gasteiger partial charge is 0.363 e. The van der Waals surface area contributed by atoms with Crippen LogP contribution in [0.1, 0.15) is 11.1 Å². The van der Waals surface area contributed by atoms with Crippen molar-refractivity contribution in [2.75, 3.05) is 0 Å². The highest BCUT2D eigenvalue weighted by molar-refractivity contribution is 6.12. The fourth-order valence-electron chi connectivity index (χ4n) is 1.84. The zero-order valence-corrected chi connectivity index (χ0v) is 10.7. The zero-order chi connectivity index (χ0) is 14.8. The van der Waals surface area contributed by atoms with Gasteiger partial charge in [-0.25, -0.2) is 18.6 Å². The Morgan fingerprint density at radius 2 is 1.48 bits per heavy atom. The molecule has 104 valence electrons. The molecular formula is C16H9F2NO2. The molecule has 0 saturated heterocycles. The van der Waals surface area contributed by atoms with E-state index in [4.69, 9.17) is 4.74 Å². The van der Waals surface area contributed by atoms with Crippen molar-refractivity contribution in [2.24, 2.45) is 4.99 Å². The maximum atomic E-state index is 12.9. The minimum Gasteiger partial charge on any atom is -0.402 e. The maximum absolute atomic E-state index is 12.9. The van der Waals surface area contributed by atoms with Gasteiger partial charge in [0.1, 0.15) is 11.6 Å². The number of hydrogen-bond donors (Lipinski definition) is 0. The average molecular weight is 285 g/mol. The second-order valence-corrected chi connectivity index (χ2v) is 4.39. The van der Waals surface area contributed by atoms with Crippen LogP contribution in [-0.4, -0.2) is 11.9 Å². The molecule has 0 spiro atoms. The van der Waals surface area contributed by atoms with E-state index >= 15 is 0 Å². The molecule has 0 fully saturated rings. The number of benzene rings is 2. The summed E-state index contributed by atoms with van der Waals surface area (Å²) in [7, 11) is 0. The highest BCUT2D eigenvalue weighted by Crippen LogP contribution is 2.19. The molecule has 3 rings (SSSR count). The van der Waals surface area contributed by atoms with Crippen LogP contribution in [0.15, 0.2) is 59.2 Å². The highest BCUT2D eigenvalue weighted by atomic mass is 19.1. The minimum atomic E-state index is -0.598. The second-order valence-electron chi connectivity index (χ2n) is 4.39. The van der Waals surface area contributed by atoms with E-state index < -0.39 is 5.97 Å². The molecule has 0 N–H and O–H groups in total. The summed E-state index contributed by atoms with van der Waals surface area (Å²) in [6, 6.07) is 11.1. The normalized spacial score (nSPS) is 16.0. The fourth-order valence-corrected chi connectivity index (χ4v) is 1.84. The van der Waals surface area contributed by atoms with E-state index in [0.29, 0.717) is 11.1 Å². The number of carbonyl (C=O) groups excluding carboxylic acids is 1. The molecule has 0 atom stereocenters. The van der Waals surface area contributed by atoms with E-state index in [2.05, 4.69) is 4.99 Å². The van der Waals surface area contributed by atoms with E-state index in [0.717, 1.165) is 0 Å². The van der Waals surface area contributed by atoms with Gasteiger partial charge < -0.3 is 4.74 Å². The van der Waals surface area contributed by atoms with Gasteiger partial charge in [-0.05, 0) is 48.0 Å². The standard InChI is InChI=1S/C16H9F2NO2/c17-12-5-1-10(2-6-12)9-14-16(20)21-15(19-14)11-3-7-13(18)8-4-11/h1-9H/b14-9+. The third-order valence-electron chi connectivity index (χ3n) is 2.89. The first-order valence-electron chi connectivity index (χ1n) is 6.16. The SMILES string of the molecule is O=C1OC(c2ccc(F)cc2)=N/C1=C/c1ccc(F)cc1. The van der Waals surface area contributed by atoms with Crippen LogP contribution >= 0.6 is 0 Å². The van der Waals surface area contributed by atoms with Crippen molar-refractivity contribution in [1.29, 1.82) is 0 Å². The van der Waals surface area contributed by atoms with Crippen LogP contribution in [0.2, 0.25) is 0 Å². The Morgan fingerprint density at radius 1 is 0.905 bits per heavy atom. The predicted octanol–water partition coefficient (Wildman–Crippen LogP) is 3.31. The maximum Gasteiger partial charge on any atom is 0.363 e. The van der Waals surface area contributed by atoms with Gasteiger partial charge in [0.2, 0.25) is 5.90 Å². The number of ether oxygens (including phenoxy) is 1. The third kappa shape index (κ3) is 2.86. The monoisotopic (exact) mass is 285 g/mol. The van der Waals surface area contributed by atoms with Crippen molar-refractivity contribution in [3.63, 3.8) is 0 Å². The Bertz CT molecular complexity index is 747. The largest absolute Gasteiger partial charge is 0.402 e. The van der Waals surface area contributed by atoms with Gasteiger partial charge in [-0.1, -0.05) is 12.1 Å². The number of esters is 1. The molecule has 2 aromatic rings. The van der Waals surface area contributed by atoms with Crippen molar-refractivity contribution < 1.29 is 18.3 Å². The summed E-state index contributed by atoms with van der Waals surface area (Å²) in [5, 5.41) is 0. The summed E-state index contributed by atoms with van der Waals surface area (Å²) < 4.78 is 30.7. The summed E-state index contributed by atoms with van der Waals surface area (Å²) >= 11 is 0. The van der Waals surface area contributed by atoms with Gasteiger partial charge in [-0.15, -0.1) is 0 Å². The molecule has 0 bridgehead atoms. The summed E-state index contributed by atoms with van der Waals surface area (Å²) in [6.07, 6.45) is 1.50. The van der Waals surface area contributed by atoms with Gasteiger partial charge >= 0.3 is 5.97 Å². The van der Waals surface area contributed by atoms with E-state index in [1.54, 1.807) is 0 Å². The number of aliphatic imine (C=N–C) groups is 1. The van der Waals surface area contributed by atoms with E-state index in [-0.39, 0.29) is 23.2 Å². The molecule has 0 radical (unpaired) electrons. The lowest BCUT2D eigenvalue weighted by atomic mass is 10.2. The fraction of sp³-hybridized carbons (Fsp3) is 0. The molecule has 0 aromatic heterocycles. The molecule has 0 unspecified atom stereocenters. The minimum absolute atomic E-state index is 0.112. The van der Waals surface area contributed by atoms with E-state index in [9.17, 15) is 13.6 Å². The zero-order valence-electron chi connectivity index (χ0n) is 10.7. The highest BCUT2D eigenvalue weighted by Gasteiger charge is 2.24. The molecule has 5 heteroatoms. The van der Waals surface area contributed by atoms with Crippen LogP contribution in [0.3, 0.4) is 0 Å². The quantitative estimate of drug-likeness (QED) is 0.627. The van der Waals surface area contributed by atoms with Crippen LogP contribution < -0.4 is 0 Å². The van der Waals surface area contributed by atoms with Gasteiger partial charge in [0.15, 0.2) is 5.70 Å². The lowest BCUT2D eigenvalue weighted by Gasteiger charge is -1.98. The van der Waals surface area contributed by atoms with Crippen molar-refractivity contribution >= 4 is 17.9 Å². The third-order valence-corrected chi connectivity index (χ3v) is 2.89. The van der Waals surface area contributed by atoms with Gasteiger partial charge in [0, 0.05) is 5.56 Å². The number of hydrogen-bond acceptors (Lipinski definition) is 3. The van der Waals surface area contributed by atoms with Crippen LogP contribution in [0.25, 0.3) is 6.08 Å². The van der Waals surface area contributed by atoms with Gasteiger partial charge in [0.25, 0.3) is 0 Å². The molecule has 1 aliphatic heterocycles. The predicted molar refractivity (Wildman–Crippen MR) is 73.4 cm³/mol. The molecule has 1 aliphatic rings. The number of nitrogens with zero attached hydrogens (tertiary/aromatic N) is 1. The number of rotatable bonds is 2. The summed E-state index contributed by atoms with van der Waals surface area (Å²) in [6.45, 7) is 0. The summed E-state index contributed by atoms with van der Waals surface area (Å²) in [4.78, 5) is 15.8. The molecule has 0 saturated carbocycles. The van der Waals surface area contributed by atoms with Crippen LogP contribution in [0.5, 0.6) is 0 Å². The molecule has 0 amide bonds. The first kappa shape index (κ1) is 13.2. The molecule has 3 nitrogen and oxygen atoms in total. The molecule has 2 aromatic carbocycles.